The molecule has 0 saturated heterocycles. The van der Waals surface area contributed by atoms with E-state index in [1.54, 1.807) is 51.7 Å². The van der Waals surface area contributed by atoms with Crippen molar-refractivity contribution in [2.24, 2.45) is 0 Å². The van der Waals surface area contributed by atoms with Gasteiger partial charge in [0.2, 0.25) is 0 Å². The molecule has 1 nitrogen and oxygen atoms in total. The fourth-order valence-electron chi connectivity index (χ4n) is 11.0. The number of thiophene rings is 6. The second-order valence-corrected chi connectivity index (χ2v) is 24.0. The van der Waals surface area contributed by atoms with E-state index in [0.717, 1.165) is 37.4 Å². The van der Waals surface area contributed by atoms with Gasteiger partial charge in [-0.1, -0.05) is 142 Å². The first-order chi connectivity index (χ1) is 28.4. The van der Waals surface area contributed by atoms with Crippen molar-refractivity contribution in [2.45, 2.75) is 181 Å². The lowest BCUT2D eigenvalue weighted by atomic mass is 9.71. The van der Waals surface area contributed by atoms with Crippen molar-refractivity contribution in [2.75, 3.05) is 6.61 Å². The average molecular weight is 885 g/mol. The highest BCUT2D eigenvalue weighted by molar-refractivity contribution is 7.40. The zero-order valence-corrected chi connectivity index (χ0v) is 40.9. The van der Waals surface area contributed by atoms with Gasteiger partial charge in [0, 0.05) is 36.2 Å². The second-order valence-electron chi connectivity index (χ2n) is 17.6. The Morgan fingerprint density at radius 2 is 0.862 bits per heavy atom. The van der Waals surface area contributed by atoms with Crippen LogP contribution in [0.5, 0.6) is 5.06 Å². The number of unbranched alkanes of at least 4 members (excludes halogenated alkanes) is 15. The molecule has 310 valence electrons. The maximum absolute atomic E-state index is 6.44. The summed E-state index contributed by atoms with van der Waals surface area (Å²) in [6, 6.07) is 10.2. The smallest absolute Gasteiger partial charge is 0.175 e. The predicted molar refractivity (Wildman–Crippen MR) is 267 cm³/mol. The minimum atomic E-state index is 0.0636. The van der Waals surface area contributed by atoms with Gasteiger partial charge in [-0.15, -0.1) is 56.7 Å². The summed E-state index contributed by atoms with van der Waals surface area (Å²) in [5.41, 5.74) is 9.72. The largest absolute Gasteiger partial charge is 0.484 e. The number of aryl methyl sites for hydroxylation is 1. The molecule has 0 radical (unpaired) electrons. The van der Waals surface area contributed by atoms with Gasteiger partial charge in [-0.05, 0) is 90.6 Å². The van der Waals surface area contributed by atoms with Crippen LogP contribution in [0.3, 0.4) is 0 Å². The molecule has 0 amide bonds. The number of benzene rings is 1. The molecule has 2 aliphatic rings. The zero-order valence-electron chi connectivity index (χ0n) is 36.0. The topological polar surface area (TPSA) is 9.23 Å². The van der Waals surface area contributed by atoms with Gasteiger partial charge in [-0.2, -0.15) is 0 Å². The summed E-state index contributed by atoms with van der Waals surface area (Å²) in [4.78, 5) is 4.56. The molecule has 0 unspecified atom stereocenters. The molecule has 7 heteroatoms. The van der Waals surface area contributed by atoms with Crippen LogP contribution < -0.4 is 4.74 Å². The van der Waals surface area contributed by atoms with E-state index in [1.165, 1.54) is 137 Å². The predicted octanol–water partition coefficient (Wildman–Crippen LogP) is 19.8. The van der Waals surface area contributed by atoms with Crippen LogP contribution in [0.15, 0.2) is 24.3 Å². The Bertz CT molecular complexity index is 2510. The van der Waals surface area contributed by atoms with Crippen LogP contribution in [0, 0.1) is 6.92 Å². The lowest BCUT2D eigenvalue weighted by molar-refractivity contribution is 0.313. The van der Waals surface area contributed by atoms with Crippen molar-refractivity contribution in [1.82, 2.24) is 0 Å². The van der Waals surface area contributed by atoms with Gasteiger partial charge < -0.3 is 4.74 Å². The summed E-state index contributed by atoms with van der Waals surface area (Å²) in [6.45, 7) is 15.2. The van der Waals surface area contributed by atoms with Crippen LogP contribution in [0.1, 0.15) is 190 Å². The minimum Gasteiger partial charge on any atom is -0.484 e. The molecule has 6 aromatic heterocycles. The minimum absolute atomic E-state index is 0.0636. The fraction of sp³-hybridized carbons (Fsp3) is 0.569. The number of hydrogen-bond acceptors (Lipinski definition) is 7. The van der Waals surface area contributed by atoms with Crippen LogP contribution in [0.25, 0.3) is 58.5 Å². The summed E-state index contributed by atoms with van der Waals surface area (Å²) >= 11 is 12.2. The maximum Gasteiger partial charge on any atom is 0.175 e. The molecule has 7 aromatic rings. The fourth-order valence-corrected chi connectivity index (χ4v) is 19.7. The van der Waals surface area contributed by atoms with E-state index in [4.69, 9.17) is 4.74 Å². The number of ether oxygens (including phenoxy) is 1. The molecule has 2 aliphatic carbocycles. The second kappa shape index (κ2) is 17.6. The molecule has 58 heavy (non-hydrogen) atoms. The van der Waals surface area contributed by atoms with E-state index in [1.807, 2.05) is 34.0 Å². The van der Waals surface area contributed by atoms with Crippen molar-refractivity contribution in [1.29, 1.82) is 0 Å². The first-order valence-electron chi connectivity index (χ1n) is 23.2. The van der Waals surface area contributed by atoms with Gasteiger partial charge in [0.1, 0.15) is 0 Å². The van der Waals surface area contributed by atoms with Gasteiger partial charge in [0.25, 0.3) is 0 Å². The molecular weight excluding hydrogens is 821 g/mol. The summed E-state index contributed by atoms with van der Waals surface area (Å²) in [7, 11) is 0. The van der Waals surface area contributed by atoms with Gasteiger partial charge in [0.15, 0.2) is 5.06 Å². The third-order valence-corrected chi connectivity index (χ3v) is 22.1. The van der Waals surface area contributed by atoms with Crippen LogP contribution >= 0.6 is 68.0 Å². The molecule has 6 heterocycles. The van der Waals surface area contributed by atoms with Crippen LogP contribution in [-0.4, -0.2) is 6.61 Å². The number of fused-ring (bicyclic) bond motifs is 14. The molecule has 0 spiro atoms. The summed E-state index contributed by atoms with van der Waals surface area (Å²) in [5.74, 6) is 0. The molecule has 9 rings (SSSR count). The van der Waals surface area contributed by atoms with Gasteiger partial charge in [-0.25, -0.2) is 0 Å². The number of hydrogen-bond donors (Lipinski definition) is 0. The van der Waals surface area contributed by atoms with E-state index in [-0.39, 0.29) is 10.8 Å². The zero-order chi connectivity index (χ0) is 40.0. The molecule has 1 aromatic carbocycles. The lowest BCUT2D eigenvalue weighted by Gasteiger charge is -2.31. The van der Waals surface area contributed by atoms with Gasteiger partial charge in [0.05, 0.1) is 39.5 Å². The molecule has 0 atom stereocenters. The molecule has 0 saturated carbocycles. The van der Waals surface area contributed by atoms with Crippen molar-refractivity contribution in [3.8, 4) is 25.9 Å². The Morgan fingerprint density at radius 1 is 0.431 bits per heavy atom. The highest BCUT2D eigenvalue weighted by Gasteiger charge is 2.49. The molecule has 0 N–H and O–H groups in total. The van der Waals surface area contributed by atoms with Gasteiger partial charge in [-0.3, -0.25) is 0 Å². The van der Waals surface area contributed by atoms with E-state index in [9.17, 15) is 0 Å². The SMILES string of the molecule is CCCCCCCCCCCCCCCCCCOc1cc2sc3c4c(sc3c2s1)-c1cc2c(cc1C4(CC)CC)-c1sc3c(sc4cc(C)sc43)c1C2(CC)CC. The van der Waals surface area contributed by atoms with Crippen LogP contribution in [0.4, 0.5) is 0 Å². The van der Waals surface area contributed by atoms with Crippen molar-refractivity contribution < 1.29 is 4.74 Å². The van der Waals surface area contributed by atoms with Crippen molar-refractivity contribution in [3.63, 3.8) is 0 Å². The Hall–Kier alpha value is -1.74. The van der Waals surface area contributed by atoms with E-state index < -0.39 is 0 Å². The van der Waals surface area contributed by atoms with E-state index >= 15 is 0 Å². The molecule has 0 aliphatic heterocycles. The van der Waals surface area contributed by atoms with Crippen LogP contribution in [0.2, 0.25) is 0 Å². The Labute approximate surface area is 372 Å². The maximum atomic E-state index is 6.44. The summed E-state index contributed by atoms with van der Waals surface area (Å²) in [6.07, 6.45) is 27.0. The van der Waals surface area contributed by atoms with Crippen LogP contribution in [-0.2, 0) is 10.8 Å². The Morgan fingerprint density at radius 3 is 1.33 bits per heavy atom. The van der Waals surface area contributed by atoms with Gasteiger partial charge >= 0.3 is 0 Å². The summed E-state index contributed by atoms with van der Waals surface area (Å²) in [5, 5.41) is 1.12. The standard InChI is InChI=1S/C51H64OS6/c1-7-12-13-14-15-16-17-18-19-20-21-22-23-24-25-26-27-52-39-31-38-45(56-39)49-47(55-38)41-43(58-49)34-30-35-33(29-36(34)51(41,10-4)11-5)42-40(50(35,8-2)9-3)46-48(57-42)44-37(54-46)28-32(6)53-44/h28-31H,7-27H2,1-6H3. The lowest BCUT2D eigenvalue weighted by Crippen LogP contribution is -2.24. The third kappa shape index (κ3) is 6.91. The first-order valence-corrected chi connectivity index (χ1v) is 28.1. The Balaban J connectivity index is 0.871. The third-order valence-electron chi connectivity index (χ3n) is 14.4. The normalized spacial score (nSPS) is 15.1. The number of rotatable bonds is 22. The molecule has 0 bridgehead atoms. The first kappa shape index (κ1) is 41.6. The van der Waals surface area contributed by atoms with Crippen molar-refractivity contribution >= 4 is 106 Å². The van der Waals surface area contributed by atoms with E-state index in [0.29, 0.717) is 0 Å². The highest BCUT2D eigenvalue weighted by atomic mass is 32.1. The molecular formula is C51H64OS6. The monoisotopic (exact) mass is 884 g/mol. The van der Waals surface area contributed by atoms with Crippen molar-refractivity contribution in [3.05, 3.63) is 51.4 Å². The van der Waals surface area contributed by atoms with E-state index in [2.05, 4.69) is 99.8 Å². The average Bonchev–Trinajstić information content (AvgIpc) is 4.10. The quantitative estimate of drug-likeness (QED) is 0.0616. The summed E-state index contributed by atoms with van der Waals surface area (Å²) < 4.78 is 18.5. The molecule has 0 fully saturated rings. The Kier molecular flexibility index (Phi) is 12.6. The highest BCUT2D eigenvalue weighted by Crippen LogP contribution is 2.67.